The van der Waals surface area contributed by atoms with Gasteiger partial charge in [0.1, 0.15) is 30.9 Å². The van der Waals surface area contributed by atoms with E-state index in [-0.39, 0.29) is 37.7 Å². The number of esters is 1. The highest BCUT2D eigenvalue weighted by atomic mass is 16.7. The van der Waals surface area contributed by atoms with Crippen molar-refractivity contribution in [1.29, 1.82) is 0 Å². The molecule has 12 atom stereocenters. The number of aliphatic hydroxyl groups excluding tert-OH is 2. The van der Waals surface area contributed by atoms with E-state index in [0.29, 0.717) is 32.7 Å². The number of rotatable bonds is 11. The molecule has 2 saturated heterocycles. The van der Waals surface area contributed by atoms with Crippen LogP contribution in [-0.2, 0) is 38.1 Å². The average Bonchev–Trinajstić information content (AvgIpc) is 3.17. The molecule has 2 fully saturated rings. The van der Waals surface area contributed by atoms with Gasteiger partial charge < -0.3 is 43.6 Å². The first-order valence-corrected chi connectivity index (χ1v) is 19.6. The lowest BCUT2D eigenvalue weighted by Crippen LogP contribution is -2.64. The molecule has 3 aliphatic heterocycles. The van der Waals surface area contributed by atoms with Crippen molar-refractivity contribution in [2.24, 2.45) is 17.8 Å². The van der Waals surface area contributed by atoms with Crippen LogP contribution in [0.5, 0.6) is 0 Å². The third-order valence-corrected chi connectivity index (χ3v) is 10.9. The second-order valence-electron chi connectivity index (χ2n) is 15.3. The van der Waals surface area contributed by atoms with E-state index >= 15 is 0 Å². The molecule has 1 aromatic rings. The second kappa shape index (κ2) is 21.9. The fourth-order valence-electron chi connectivity index (χ4n) is 7.79. The van der Waals surface area contributed by atoms with Gasteiger partial charge in [0.15, 0.2) is 12.1 Å². The Balaban J connectivity index is 1.60. The highest BCUT2D eigenvalue weighted by molar-refractivity contribution is 5.91. The number of allylic oxidation sites excluding steroid dienone is 3. The van der Waals surface area contributed by atoms with Crippen LogP contribution in [-0.4, -0.2) is 150 Å². The number of carbonyl (C=O) groups excluding carboxylic acids is 3. The van der Waals surface area contributed by atoms with E-state index in [1.54, 1.807) is 31.5 Å². The molecule has 0 saturated carbocycles. The smallest absolute Gasteiger partial charge is 0.308 e. The summed E-state index contributed by atoms with van der Waals surface area (Å²) in [7, 11) is 3.67. The van der Waals surface area contributed by atoms with Crippen molar-refractivity contribution in [3.63, 3.8) is 0 Å². The molecule has 2 N–H and O–H groups in total. The quantitative estimate of drug-likeness (QED) is 0.249. The van der Waals surface area contributed by atoms with Gasteiger partial charge >= 0.3 is 5.97 Å². The van der Waals surface area contributed by atoms with E-state index in [4.69, 9.17) is 23.7 Å². The molecule has 1 aromatic heterocycles. The van der Waals surface area contributed by atoms with Crippen LogP contribution >= 0.6 is 0 Å². The molecule has 0 amide bonds. The van der Waals surface area contributed by atoms with Crippen molar-refractivity contribution in [3.8, 4) is 0 Å². The molecule has 4 rings (SSSR count). The van der Waals surface area contributed by atoms with Gasteiger partial charge in [-0.15, -0.1) is 0 Å². The van der Waals surface area contributed by atoms with Gasteiger partial charge in [-0.1, -0.05) is 50.6 Å². The summed E-state index contributed by atoms with van der Waals surface area (Å²) >= 11 is 0. The van der Waals surface area contributed by atoms with Crippen molar-refractivity contribution in [1.82, 2.24) is 19.8 Å². The lowest BCUT2D eigenvalue weighted by molar-refractivity contribution is -0.308. The van der Waals surface area contributed by atoms with Gasteiger partial charge in [-0.05, 0) is 52.8 Å². The summed E-state index contributed by atoms with van der Waals surface area (Å²) in [6, 6.07) is -0.815. The number of nitrogens with zero attached hydrogens (tertiary/aromatic N) is 4. The highest BCUT2D eigenvalue weighted by Gasteiger charge is 2.48. The summed E-state index contributed by atoms with van der Waals surface area (Å²) in [5, 5.41) is 23.5. The zero-order valence-corrected chi connectivity index (χ0v) is 33.4. The molecular weight excluding hydrogens is 708 g/mol. The predicted molar refractivity (Wildman–Crippen MR) is 205 cm³/mol. The molecule has 4 heterocycles. The van der Waals surface area contributed by atoms with Gasteiger partial charge in [0.05, 0.1) is 56.6 Å². The van der Waals surface area contributed by atoms with Gasteiger partial charge in [0.25, 0.3) is 0 Å². The summed E-state index contributed by atoms with van der Waals surface area (Å²) in [6.07, 6.45) is 9.03. The number of hydrogen-bond donors (Lipinski definition) is 2. The third kappa shape index (κ3) is 12.6. The maximum Gasteiger partial charge on any atom is 0.308 e. The minimum Gasteiger partial charge on any atom is -0.460 e. The van der Waals surface area contributed by atoms with Gasteiger partial charge in [0, 0.05) is 49.3 Å². The van der Waals surface area contributed by atoms with E-state index in [9.17, 15) is 24.6 Å². The Kier molecular flexibility index (Phi) is 17.7. The monoisotopic (exact) mass is 770 g/mol. The van der Waals surface area contributed by atoms with Crippen LogP contribution in [0.3, 0.4) is 0 Å². The minimum absolute atomic E-state index is 0.0194. The van der Waals surface area contributed by atoms with Crippen LogP contribution in [0.2, 0.25) is 0 Å². The molecular formula is C41H62N4O10. The summed E-state index contributed by atoms with van der Waals surface area (Å²) in [5.74, 6) is -2.47. The number of likely N-dealkylation sites (N-methyl/N-ethyl adjacent to an activating group) is 1. The Bertz CT molecular complexity index is 1450. The maximum atomic E-state index is 13.6. The normalized spacial score (nSPS) is 36.7. The van der Waals surface area contributed by atoms with Crippen LogP contribution in [0.4, 0.5) is 0 Å². The summed E-state index contributed by atoms with van der Waals surface area (Å²) in [5.41, 5.74) is 1.66. The van der Waals surface area contributed by atoms with Crippen molar-refractivity contribution < 1.29 is 48.3 Å². The fraction of sp³-hybridized carbons (Fsp3) is 0.683. The molecule has 14 nitrogen and oxygen atoms in total. The topological polar surface area (TPSA) is 170 Å². The van der Waals surface area contributed by atoms with Gasteiger partial charge in [-0.2, -0.15) is 0 Å². The summed E-state index contributed by atoms with van der Waals surface area (Å²) in [4.78, 5) is 51.4. The Morgan fingerprint density at radius 2 is 1.76 bits per heavy atom. The molecule has 0 aromatic carbocycles. The maximum absolute atomic E-state index is 13.6. The van der Waals surface area contributed by atoms with Gasteiger partial charge in [0.2, 0.25) is 0 Å². The zero-order chi connectivity index (χ0) is 40.1. The van der Waals surface area contributed by atoms with Crippen LogP contribution in [0, 0.1) is 17.8 Å². The molecule has 0 bridgehead atoms. The predicted octanol–water partition coefficient (Wildman–Crippen LogP) is 3.02. The van der Waals surface area contributed by atoms with E-state index in [0.717, 1.165) is 17.4 Å². The van der Waals surface area contributed by atoms with Gasteiger partial charge in [-0.25, -0.2) is 9.97 Å². The number of hydrogen-bond acceptors (Lipinski definition) is 14. The highest BCUT2D eigenvalue weighted by Crippen LogP contribution is 2.35. The first kappa shape index (κ1) is 44.5. The van der Waals surface area contributed by atoms with Crippen LogP contribution in [0.25, 0.3) is 6.08 Å². The van der Waals surface area contributed by atoms with E-state index in [1.807, 2.05) is 64.9 Å². The van der Waals surface area contributed by atoms with Crippen molar-refractivity contribution >= 4 is 24.1 Å². The zero-order valence-electron chi connectivity index (χ0n) is 33.4. The molecule has 0 aliphatic carbocycles. The fourth-order valence-corrected chi connectivity index (χ4v) is 7.79. The van der Waals surface area contributed by atoms with Crippen LogP contribution in [0.1, 0.15) is 65.9 Å². The van der Waals surface area contributed by atoms with E-state index in [1.165, 1.54) is 6.33 Å². The Morgan fingerprint density at radius 3 is 2.42 bits per heavy atom. The lowest BCUT2D eigenvalue weighted by atomic mass is 9.79. The SMILES string of the molecule is CC[C@H]1OC(=O)C[C@@H](O)[C@H](C)[C@@H](O[C@@H]2O[C@H](C)[C@@H](OC/C=C/c3cncnc3)[C@H](N(C)C)[C@H]2O)[C@@H](CC=O)C[C@@H](C)C(=O)/C=C/C(C)=C/[C@@H]1N1CCOCC1. The summed E-state index contributed by atoms with van der Waals surface area (Å²) < 4.78 is 30.8. The number of morpholine rings is 1. The Hall–Kier alpha value is -3.21. The lowest BCUT2D eigenvalue weighted by Gasteiger charge is -2.48. The van der Waals surface area contributed by atoms with Crippen LogP contribution in [0.15, 0.2) is 48.6 Å². The third-order valence-electron chi connectivity index (χ3n) is 10.9. The Labute approximate surface area is 325 Å². The molecule has 0 spiro atoms. The average molecular weight is 771 g/mol. The van der Waals surface area contributed by atoms with Crippen molar-refractivity contribution in [2.45, 2.75) is 115 Å². The molecule has 306 valence electrons. The minimum atomic E-state index is -1.23. The molecule has 0 radical (unpaired) electrons. The first-order chi connectivity index (χ1) is 26.3. The largest absolute Gasteiger partial charge is 0.460 e. The van der Waals surface area contributed by atoms with E-state index < -0.39 is 72.7 Å². The number of ether oxygens (including phenoxy) is 5. The number of cyclic esters (lactones) is 1. The number of aliphatic hydroxyl groups is 2. The molecule has 0 unspecified atom stereocenters. The number of aldehydes is 1. The summed E-state index contributed by atoms with van der Waals surface area (Å²) in [6.45, 7) is 11.9. The second-order valence-corrected chi connectivity index (χ2v) is 15.3. The molecule has 55 heavy (non-hydrogen) atoms. The van der Waals surface area contributed by atoms with Crippen molar-refractivity contribution in [2.75, 3.05) is 47.0 Å². The number of aromatic nitrogens is 2. The standard InChI is InChI=1S/C41H62N4O10/c1-8-35-32(45-14-18-51-19-15-45)20-26(2)11-12-33(47)27(3)21-31(13-16-46)39(28(4)34(48)22-36(49)54-35)55-41-38(50)37(44(6)7)40(29(5)53-41)52-17-9-10-30-23-42-25-43-24-30/h9-12,16,20,23-25,27-29,31-32,34-35,37-41,48,50H,8,13-15,17-19,21-22H2,1-7H3/b10-9+,12-11+,26-20+/t27-,28+,29-,31+,32+,34-,35-,37-,38-,39-,40-,41+/m1/s1. The number of ketones is 1. The molecule has 14 heteroatoms. The van der Waals surface area contributed by atoms with Crippen molar-refractivity contribution in [3.05, 3.63) is 54.2 Å². The Morgan fingerprint density at radius 1 is 1.05 bits per heavy atom. The first-order valence-electron chi connectivity index (χ1n) is 19.6. The molecule has 3 aliphatic rings. The van der Waals surface area contributed by atoms with Crippen LogP contribution < -0.4 is 0 Å². The van der Waals surface area contributed by atoms with E-state index in [2.05, 4.69) is 14.9 Å². The number of carbonyl (C=O) groups is 3. The van der Waals surface area contributed by atoms with Gasteiger partial charge in [-0.3, -0.25) is 14.5 Å².